The van der Waals surface area contributed by atoms with Crippen LogP contribution in [0.2, 0.25) is 0 Å². The maximum Gasteiger partial charge on any atom is 0.387 e. The van der Waals surface area contributed by atoms with Crippen molar-refractivity contribution in [2.45, 2.75) is 26.5 Å². The minimum atomic E-state index is -2.80. The first-order valence-electron chi connectivity index (χ1n) is 6.80. The molecule has 0 heterocycles. The Bertz CT molecular complexity index is 596. The monoisotopic (exact) mass is 291 g/mol. The van der Waals surface area contributed by atoms with E-state index in [1.807, 2.05) is 7.05 Å². The summed E-state index contributed by atoms with van der Waals surface area (Å²) in [5, 5.41) is 3.27. The Morgan fingerprint density at radius 2 is 1.67 bits per heavy atom. The van der Waals surface area contributed by atoms with Gasteiger partial charge in [-0.2, -0.15) is 8.78 Å². The summed E-state index contributed by atoms with van der Waals surface area (Å²) in [4.78, 5) is 0. The SMILES string of the molecule is CNC(c1ccc(OC(F)F)cc1)c1ccc(C)cc1C. The van der Waals surface area contributed by atoms with E-state index >= 15 is 0 Å². The lowest BCUT2D eigenvalue weighted by molar-refractivity contribution is -0.0498. The molecule has 2 aromatic carbocycles. The quantitative estimate of drug-likeness (QED) is 0.891. The Balaban J connectivity index is 2.28. The first kappa shape index (κ1) is 15.4. The second-order valence-electron chi connectivity index (χ2n) is 5.03. The molecule has 0 spiro atoms. The molecule has 0 amide bonds. The molecule has 0 fully saturated rings. The third-order valence-electron chi connectivity index (χ3n) is 3.46. The minimum Gasteiger partial charge on any atom is -0.435 e. The molecule has 1 N–H and O–H groups in total. The number of nitrogens with one attached hydrogen (secondary N) is 1. The highest BCUT2D eigenvalue weighted by Gasteiger charge is 2.14. The molecular formula is C17H19F2NO. The third kappa shape index (κ3) is 3.79. The van der Waals surface area contributed by atoms with E-state index in [4.69, 9.17) is 0 Å². The number of benzene rings is 2. The van der Waals surface area contributed by atoms with Gasteiger partial charge in [-0.15, -0.1) is 0 Å². The van der Waals surface area contributed by atoms with Crippen LogP contribution in [0, 0.1) is 13.8 Å². The van der Waals surface area contributed by atoms with E-state index in [1.165, 1.54) is 16.7 Å². The second-order valence-corrected chi connectivity index (χ2v) is 5.03. The Labute approximate surface area is 123 Å². The van der Waals surface area contributed by atoms with Gasteiger partial charge < -0.3 is 10.1 Å². The van der Waals surface area contributed by atoms with Crippen LogP contribution in [0.3, 0.4) is 0 Å². The number of rotatable bonds is 5. The van der Waals surface area contributed by atoms with Gasteiger partial charge in [0.1, 0.15) is 5.75 Å². The van der Waals surface area contributed by atoms with Gasteiger partial charge in [0.15, 0.2) is 0 Å². The van der Waals surface area contributed by atoms with Crippen LogP contribution in [0.15, 0.2) is 42.5 Å². The van der Waals surface area contributed by atoms with Gasteiger partial charge >= 0.3 is 6.61 Å². The van der Waals surface area contributed by atoms with Crippen molar-refractivity contribution >= 4 is 0 Å². The van der Waals surface area contributed by atoms with E-state index in [9.17, 15) is 8.78 Å². The van der Waals surface area contributed by atoms with Gasteiger partial charge in [0.25, 0.3) is 0 Å². The van der Waals surface area contributed by atoms with Crippen LogP contribution in [-0.4, -0.2) is 13.7 Å². The zero-order chi connectivity index (χ0) is 15.4. The van der Waals surface area contributed by atoms with Crippen LogP contribution in [0.1, 0.15) is 28.3 Å². The predicted molar refractivity (Wildman–Crippen MR) is 79.9 cm³/mol. The first-order chi connectivity index (χ1) is 10.0. The zero-order valence-electron chi connectivity index (χ0n) is 12.4. The number of alkyl halides is 2. The maximum atomic E-state index is 12.2. The number of ether oxygens (including phenoxy) is 1. The van der Waals surface area contributed by atoms with Crippen molar-refractivity contribution < 1.29 is 13.5 Å². The largest absolute Gasteiger partial charge is 0.435 e. The predicted octanol–water partition coefficient (Wildman–Crippen LogP) is 4.21. The van der Waals surface area contributed by atoms with Crippen molar-refractivity contribution in [2.75, 3.05) is 7.05 Å². The van der Waals surface area contributed by atoms with Gasteiger partial charge in [0, 0.05) is 0 Å². The van der Waals surface area contributed by atoms with E-state index < -0.39 is 6.61 Å². The number of aryl methyl sites for hydroxylation is 2. The van der Waals surface area contributed by atoms with Crippen molar-refractivity contribution in [1.29, 1.82) is 0 Å². The Kier molecular flexibility index (Phi) is 4.91. The molecule has 1 unspecified atom stereocenters. The van der Waals surface area contributed by atoms with Crippen LogP contribution >= 0.6 is 0 Å². The van der Waals surface area contributed by atoms with Crippen molar-refractivity contribution in [2.24, 2.45) is 0 Å². The molecule has 21 heavy (non-hydrogen) atoms. The molecule has 0 aliphatic carbocycles. The lowest BCUT2D eigenvalue weighted by Crippen LogP contribution is -2.18. The molecule has 0 aromatic heterocycles. The summed E-state index contributed by atoms with van der Waals surface area (Å²) in [6.07, 6.45) is 0. The molecule has 2 aromatic rings. The lowest BCUT2D eigenvalue weighted by Gasteiger charge is -2.20. The second kappa shape index (κ2) is 6.68. The van der Waals surface area contributed by atoms with Gasteiger partial charge in [0.05, 0.1) is 6.04 Å². The molecule has 2 nitrogen and oxygen atoms in total. The standard InChI is InChI=1S/C17H19F2NO/c1-11-4-9-15(12(2)10-11)16(20-3)13-5-7-14(8-6-13)21-17(18)19/h4-10,16-17,20H,1-3H3. The highest BCUT2D eigenvalue weighted by Crippen LogP contribution is 2.27. The van der Waals surface area contributed by atoms with E-state index in [2.05, 4.69) is 42.1 Å². The summed E-state index contributed by atoms with van der Waals surface area (Å²) < 4.78 is 28.7. The number of halogens is 2. The van der Waals surface area contributed by atoms with E-state index in [-0.39, 0.29) is 11.8 Å². The van der Waals surface area contributed by atoms with Crippen LogP contribution in [-0.2, 0) is 0 Å². The average molecular weight is 291 g/mol. The van der Waals surface area contributed by atoms with Crippen LogP contribution in [0.5, 0.6) is 5.75 Å². The molecule has 0 aliphatic rings. The number of hydrogen-bond acceptors (Lipinski definition) is 2. The molecule has 0 saturated carbocycles. The summed E-state index contributed by atoms with van der Waals surface area (Å²) in [5.41, 5.74) is 4.59. The fraction of sp³-hybridized carbons (Fsp3) is 0.294. The lowest BCUT2D eigenvalue weighted by atomic mass is 9.94. The summed E-state index contributed by atoms with van der Waals surface area (Å²) in [5.74, 6) is 0.171. The van der Waals surface area contributed by atoms with Crippen molar-refractivity contribution in [3.8, 4) is 5.75 Å². The van der Waals surface area contributed by atoms with Crippen LogP contribution < -0.4 is 10.1 Å². The van der Waals surface area contributed by atoms with E-state index in [0.717, 1.165) is 5.56 Å². The van der Waals surface area contributed by atoms with Gasteiger partial charge in [0.2, 0.25) is 0 Å². The molecule has 0 bridgehead atoms. The first-order valence-corrected chi connectivity index (χ1v) is 6.80. The molecule has 0 aliphatic heterocycles. The molecule has 0 radical (unpaired) electrons. The molecule has 1 atom stereocenters. The average Bonchev–Trinajstić information content (AvgIpc) is 2.43. The zero-order valence-corrected chi connectivity index (χ0v) is 12.4. The summed E-state index contributed by atoms with van der Waals surface area (Å²) >= 11 is 0. The highest BCUT2D eigenvalue weighted by molar-refractivity contribution is 5.40. The van der Waals surface area contributed by atoms with Crippen molar-refractivity contribution in [1.82, 2.24) is 5.32 Å². The molecule has 4 heteroatoms. The van der Waals surface area contributed by atoms with Gasteiger partial charge in [-0.1, -0.05) is 35.9 Å². The maximum absolute atomic E-state index is 12.2. The van der Waals surface area contributed by atoms with Gasteiger partial charge in [-0.25, -0.2) is 0 Å². The van der Waals surface area contributed by atoms with Crippen LogP contribution in [0.25, 0.3) is 0 Å². The Morgan fingerprint density at radius 1 is 1.00 bits per heavy atom. The molecular weight excluding hydrogens is 272 g/mol. The molecule has 0 saturated heterocycles. The normalized spacial score (nSPS) is 12.5. The summed E-state index contributed by atoms with van der Waals surface area (Å²) in [7, 11) is 1.88. The minimum absolute atomic E-state index is 0.0196. The highest BCUT2D eigenvalue weighted by atomic mass is 19.3. The smallest absolute Gasteiger partial charge is 0.387 e. The fourth-order valence-corrected chi connectivity index (χ4v) is 2.49. The fourth-order valence-electron chi connectivity index (χ4n) is 2.49. The van der Waals surface area contributed by atoms with Crippen molar-refractivity contribution in [3.05, 3.63) is 64.7 Å². The van der Waals surface area contributed by atoms with Gasteiger partial charge in [-0.3, -0.25) is 0 Å². The number of hydrogen-bond donors (Lipinski definition) is 1. The topological polar surface area (TPSA) is 21.3 Å². The third-order valence-corrected chi connectivity index (χ3v) is 3.46. The van der Waals surface area contributed by atoms with Crippen molar-refractivity contribution in [3.63, 3.8) is 0 Å². The Hall–Kier alpha value is -1.94. The Morgan fingerprint density at radius 3 is 2.19 bits per heavy atom. The molecule has 112 valence electrons. The summed E-state index contributed by atoms with van der Waals surface area (Å²) in [6, 6.07) is 13.1. The van der Waals surface area contributed by atoms with Gasteiger partial charge in [-0.05, 0) is 49.7 Å². The van der Waals surface area contributed by atoms with E-state index in [0.29, 0.717) is 0 Å². The van der Waals surface area contributed by atoms with Crippen LogP contribution in [0.4, 0.5) is 8.78 Å². The summed E-state index contributed by atoms with van der Waals surface area (Å²) in [6.45, 7) is 1.33. The van der Waals surface area contributed by atoms with E-state index in [1.54, 1.807) is 24.3 Å². The molecule has 2 rings (SSSR count).